The van der Waals surface area contributed by atoms with E-state index in [1.165, 1.54) is 0 Å². The van der Waals surface area contributed by atoms with Crippen molar-refractivity contribution in [2.45, 2.75) is 83.0 Å². The Morgan fingerprint density at radius 2 is 1.92 bits per heavy atom. The summed E-state index contributed by atoms with van der Waals surface area (Å²) in [5, 5.41) is 20.6. The second-order valence-corrected chi connectivity index (χ2v) is 14.8. The zero-order chi connectivity index (χ0) is 36.6. The number of hydrogen-bond acceptors (Lipinski definition) is 8. The van der Waals surface area contributed by atoms with Crippen molar-refractivity contribution < 1.29 is 14.3 Å². The Morgan fingerprint density at radius 1 is 1.10 bits per heavy atom. The first-order chi connectivity index (χ1) is 25.0. The van der Waals surface area contributed by atoms with Crippen LogP contribution < -0.4 is 10.9 Å². The van der Waals surface area contributed by atoms with Gasteiger partial charge in [0.05, 0.1) is 58.6 Å². The normalized spacial score (nSPS) is 16.0. The molecule has 2 aliphatic rings. The van der Waals surface area contributed by atoms with Crippen molar-refractivity contribution in [3.8, 4) is 17.2 Å². The summed E-state index contributed by atoms with van der Waals surface area (Å²) in [4.78, 5) is 51.8. The van der Waals surface area contributed by atoms with Gasteiger partial charge in [0.25, 0.3) is 5.56 Å². The third kappa shape index (κ3) is 6.86. The number of nitriles is 1. The number of aryl methyl sites for hydroxylation is 1. The molecule has 2 aromatic carbocycles. The molecule has 7 rings (SSSR count). The van der Waals surface area contributed by atoms with E-state index in [-0.39, 0.29) is 30.6 Å². The lowest BCUT2D eigenvalue weighted by molar-refractivity contribution is -0.137. The minimum absolute atomic E-state index is 0.0228. The summed E-state index contributed by atoms with van der Waals surface area (Å²) >= 11 is 6.50. The maximum atomic E-state index is 15.1. The number of ether oxygens (including phenoxy) is 1. The predicted molar refractivity (Wildman–Crippen MR) is 196 cm³/mol. The molecule has 2 amide bonds. The number of rotatable bonds is 8. The monoisotopic (exact) mass is 715 g/mol. The topological polar surface area (TPSA) is 154 Å². The molecule has 11 nitrogen and oxygen atoms in total. The number of benzene rings is 2. The number of aromatic nitrogens is 4. The Hall–Kier alpha value is -5.60. The zero-order valence-corrected chi connectivity index (χ0v) is 30.0. The number of nitrogens with one attached hydrogen (secondary N) is 2. The molecule has 1 unspecified atom stereocenters. The zero-order valence-electron chi connectivity index (χ0n) is 29.2. The first-order valence-corrected chi connectivity index (χ1v) is 17.7. The van der Waals surface area contributed by atoms with Crippen LogP contribution in [0.4, 0.5) is 4.79 Å². The van der Waals surface area contributed by atoms with Crippen LogP contribution in [0.25, 0.3) is 21.9 Å². The molecule has 12 heteroatoms. The van der Waals surface area contributed by atoms with Crippen LogP contribution >= 0.6 is 11.6 Å². The van der Waals surface area contributed by atoms with Gasteiger partial charge in [-0.25, -0.2) is 9.89 Å². The summed E-state index contributed by atoms with van der Waals surface area (Å²) < 4.78 is 5.39. The molecule has 2 aliphatic carbocycles. The van der Waals surface area contributed by atoms with E-state index >= 15 is 4.79 Å². The van der Waals surface area contributed by atoms with Crippen LogP contribution in [0.5, 0.6) is 0 Å². The van der Waals surface area contributed by atoms with Crippen LogP contribution in [0, 0.1) is 11.3 Å². The van der Waals surface area contributed by atoms with E-state index in [1.807, 2.05) is 35.2 Å². The van der Waals surface area contributed by atoms with Crippen molar-refractivity contribution in [2.24, 2.45) is 0 Å². The molecule has 0 saturated heterocycles. The van der Waals surface area contributed by atoms with E-state index in [1.54, 1.807) is 57.4 Å². The van der Waals surface area contributed by atoms with E-state index in [2.05, 4.69) is 27.6 Å². The van der Waals surface area contributed by atoms with Crippen LogP contribution in [0.2, 0.25) is 5.02 Å². The molecule has 0 aliphatic heterocycles. The van der Waals surface area contributed by atoms with Gasteiger partial charge < -0.3 is 15.0 Å². The Balaban J connectivity index is 1.24. The second-order valence-electron chi connectivity index (χ2n) is 14.4. The van der Waals surface area contributed by atoms with Gasteiger partial charge in [-0.05, 0) is 100 Å². The average Bonchev–Trinajstić information content (AvgIpc) is 3.95. The van der Waals surface area contributed by atoms with Crippen molar-refractivity contribution in [2.75, 3.05) is 0 Å². The van der Waals surface area contributed by atoms with E-state index in [4.69, 9.17) is 26.3 Å². The number of amides is 2. The van der Waals surface area contributed by atoms with Crippen LogP contribution in [0.15, 0.2) is 77.9 Å². The number of aromatic amines is 1. The quantitative estimate of drug-likeness (QED) is 0.173. The van der Waals surface area contributed by atoms with E-state index in [0.29, 0.717) is 56.7 Å². The Kier molecular flexibility index (Phi) is 9.27. The van der Waals surface area contributed by atoms with Crippen molar-refractivity contribution in [3.63, 3.8) is 0 Å². The van der Waals surface area contributed by atoms with Gasteiger partial charge in [-0.2, -0.15) is 10.4 Å². The number of carbonyl (C=O) groups is 2. The largest absolute Gasteiger partial charge is 0.444 e. The SMILES string of the molecule is CC(C)(C)OC(=O)NCc1n[nH]c(=O)c2ccc(C3(C(=O)N(Cc4ccc(-c5c(Cl)cccc5C#N)cn4)C4CCCc5cccnc54)CC3)cc12. The lowest BCUT2D eigenvalue weighted by atomic mass is 9.87. The molecule has 0 radical (unpaired) electrons. The number of halogens is 1. The van der Waals surface area contributed by atoms with Crippen molar-refractivity contribution in [1.29, 1.82) is 5.26 Å². The fourth-order valence-corrected chi connectivity index (χ4v) is 7.39. The highest BCUT2D eigenvalue weighted by molar-refractivity contribution is 6.33. The van der Waals surface area contributed by atoms with E-state index in [0.717, 1.165) is 36.1 Å². The summed E-state index contributed by atoms with van der Waals surface area (Å²) in [5.41, 5.74) is 3.87. The molecule has 1 fully saturated rings. The maximum Gasteiger partial charge on any atom is 0.407 e. The van der Waals surface area contributed by atoms with Gasteiger partial charge in [-0.15, -0.1) is 0 Å². The van der Waals surface area contributed by atoms with Crippen molar-refractivity contribution in [3.05, 3.63) is 122 Å². The minimum atomic E-state index is -0.821. The number of pyridine rings is 2. The molecule has 264 valence electrons. The highest BCUT2D eigenvalue weighted by Crippen LogP contribution is 2.52. The smallest absolute Gasteiger partial charge is 0.407 e. The van der Waals surface area contributed by atoms with Crippen LogP contribution in [-0.2, 0) is 34.5 Å². The molecule has 1 atom stereocenters. The molecule has 0 bridgehead atoms. The molecule has 52 heavy (non-hydrogen) atoms. The molecule has 0 spiro atoms. The number of carbonyl (C=O) groups excluding carboxylic acids is 2. The third-order valence-electron chi connectivity index (χ3n) is 9.76. The van der Waals surface area contributed by atoms with E-state index < -0.39 is 17.1 Å². The first kappa shape index (κ1) is 34.8. The highest BCUT2D eigenvalue weighted by atomic mass is 35.5. The second kappa shape index (κ2) is 13.8. The van der Waals surface area contributed by atoms with E-state index in [9.17, 15) is 14.9 Å². The summed E-state index contributed by atoms with van der Waals surface area (Å²) in [6.07, 6.45) is 6.69. The summed E-state index contributed by atoms with van der Waals surface area (Å²) in [6.45, 7) is 5.60. The molecule has 2 N–H and O–H groups in total. The van der Waals surface area contributed by atoms with Crippen LogP contribution in [0.3, 0.4) is 0 Å². The van der Waals surface area contributed by atoms with Gasteiger partial charge >= 0.3 is 6.09 Å². The van der Waals surface area contributed by atoms with Gasteiger partial charge in [0, 0.05) is 33.9 Å². The lowest BCUT2D eigenvalue weighted by Gasteiger charge is -2.37. The molecule has 5 aromatic rings. The molecule has 3 heterocycles. The number of H-pyrrole nitrogens is 1. The standard InChI is InChI=1S/C40H38ClN7O4/c1-39(2,3)52-38(51)45-22-32-30-19-27(13-15-29(30)36(49)47-46-32)40(16-17-40)37(50)48(33-11-5-7-24-9-6-18-43-35(24)33)23-28-14-12-26(21-44-28)34-25(20-42)8-4-10-31(34)41/h4,6,8-10,12-15,18-19,21,33H,5,7,11,16-17,22-23H2,1-3H3,(H,45,51)(H,47,49). The van der Waals surface area contributed by atoms with Crippen molar-refractivity contribution in [1.82, 2.24) is 30.4 Å². The Morgan fingerprint density at radius 3 is 2.65 bits per heavy atom. The van der Waals surface area contributed by atoms with Gasteiger partial charge in [-0.3, -0.25) is 19.6 Å². The first-order valence-electron chi connectivity index (χ1n) is 17.3. The summed E-state index contributed by atoms with van der Waals surface area (Å²) in [7, 11) is 0. The summed E-state index contributed by atoms with van der Waals surface area (Å²) in [5.74, 6) is -0.0367. The third-order valence-corrected chi connectivity index (χ3v) is 10.1. The van der Waals surface area contributed by atoms with Gasteiger partial charge in [-0.1, -0.05) is 35.9 Å². The van der Waals surface area contributed by atoms with Gasteiger partial charge in [0.1, 0.15) is 5.60 Å². The number of hydrogen-bond donors (Lipinski definition) is 2. The minimum Gasteiger partial charge on any atom is -0.444 e. The average molecular weight is 716 g/mol. The Labute approximate surface area is 306 Å². The maximum absolute atomic E-state index is 15.1. The fourth-order valence-electron chi connectivity index (χ4n) is 7.11. The molecular formula is C40H38ClN7O4. The number of alkyl carbamates (subject to hydrolysis) is 1. The Bertz CT molecular complexity index is 2290. The number of fused-ring (bicyclic) bond motifs is 2. The molecule has 3 aromatic heterocycles. The van der Waals surface area contributed by atoms with Gasteiger partial charge in [0.15, 0.2) is 0 Å². The molecule has 1 saturated carbocycles. The lowest BCUT2D eigenvalue weighted by Crippen LogP contribution is -2.43. The predicted octanol–water partition coefficient (Wildman–Crippen LogP) is 7.07. The highest BCUT2D eigenvalue weighted by Gasteiger charge is 2.54. The van der Waals surface area contributed by atoms with Crippen LogP contribution in [0.1, 0.15) is 86.3 Å². The fraction of sp³-hybridized carbons (Fsp3) is 0.325. The van der Waals surface area contributed by atoms with Gasteiger partial charge in [0.2, 0.25) is 5.91 Å². The molecular weight excluding hydrogens is 678 g/mol. The number of nitrogens with zero attached hydrogens (tertiary/aromatic N) is 5. The van der Waals surface area contributed by atoms with Crippen molar-refractivity contribution >= 4 is 34.4 Å². The summed E-state index contributed by atoms with van der Waals surface area (Å²) in [6, 6.07) is 20.4. The van der Waals surface area contributed by atoms with Crippen LogP contribution in [-0.4, -0.2) is 42.7 Å².